The van der Waals surface area contributed by atoms with Crippen LogP contribution >= 0.6 is 11.6 Å². The summed E-state index contributed by atoms with van der Waals surface area (Å²) in [7, 11) is 0. The number of hydrogen-bond acceptors (Lipinski definition) is 3. The van der Waals surface area contributed by atoms with Crippen molar-refractivity contribution in [3.63, 3.8) is 0 Å². The highest BCUT2D eigenvalue weighted by Gasteiger charge is 2.11. The van der Waals surface area contributed by atoms with Crippen molar-refractivity contribution < 1.29 is 4.79 Å². The minimum Gasteiger partial charge on any atom is -0.320 e. The number of nitrogens with one attached hydrogen (secondary N) is 1. The number of halogens is 1. The van der Waals surface area contributed by atoms with E-state index in [4.69, 9.17) is 22.1 Å². The van der Waals surface area contributed by atoms with E-state index in [0.717, 1.165) is 0 Å². The molecule has 0 fully saturated rings. The molecule has 2 rings (SSSR count). The lowest BCUT2D eigenvalue weighted by Gasteiger charge is -2.06. The van der Waals surface area contributed by atoms with E-state index in [1.165, 1.54) is 6.08 Å². The van der Waals surface area contributed by atoms with Gasteiger partial charge in [0, 0.05) is 0 Å². The zero-order valence-corrected chi connectivity index (χ0v) is 12.1. The third-order valence-corrected chi connectivity index (χ3v) is 3.17. The van der Waals surface area contributed by atoms with Crippen molar-refractivity contribution in [2.24, 2.45) is 0 Å². The first-order valence-corrected chi connectivity index (χ1v) is 6.69. The molecular weight excluding hydrogens is 298 g/mol. The van der Waals surface area contributed by atoms with Crippen LogP contribution in [0.5, 0.6) is 0 Å². The van der Waals surface area contributed by atoms with Crippen LogP contribution in [-0.2, 0) is 4.79 Å². The van der Waals surface area contributed by atoms with Gasteiger partial charge in [-0.25, -0.2) is 0 Å². The minimum absolute atomic E-state index is 0.0513. The van der Waals surface area contributed by atoms with E-state index in [1.807, 2.05) is 12.1 Å². The van der Waals surface area contributed by atoms with Gasteiger partial charge in [-0.3, -0.25) is 4.79 Å². The quantitative estimate of drug-likeness (QED) is 0.693. The third-order valence-electron chi connectivity index (χ3n) is 2.84. The summed E-state index contributed by atoms with van der Waals surface area (Å²) in [4.78, 5) is 12.1. The van der Waals surface area contributed by atoms with Crippen molar-refractivity contribution in [2.45, 2.75) is 0 Å². The molecule has 0 bridgehead atoms. The van der Waals surface area contributed by atoms with E-state index >= 15 is 0 Å². The molecule has 5 heteroatoms. The maximum atomic E-state index is 12.1. The van der Waals surface area contributed by atoms with Gasteiger partial charge in [-0.2, -0.15) is 10.5 Å². The molecule has 0 aliphatic rings. The van der Waals surface area contributed by atoms with E-state index < -0.39 is 5.91 Å². The number of benzene rings is 2. The number of rotatable bonds is 3. The predicted molar refractivity (Wildman–Crippen MR) is 84.8 cm³/mol. The average Bonchev–Trinajstić information content (AvgIpc) is 2.55. The predicted octanol–water partition coefficient (Wildman–Crippen LogP) is 3.76. The Morgan fingerprint density at radius 3 is 2.36 bits per heavy atom. The van der Waals surface area contributed by atoms with Gasteiger partial charge in [-0.1, -0.05) is 35.9 Å². The zero-order chi connectivity index (χ0) is 15.9. The minimum atomic E-state index is -0.542. The van der Waals surface area contributed by atoms with Crippen LogP contribution in [0.15, 0.2) is 54.1 Å². The van der Waals surface area contributed by atoms with E-state index in [2.05, 4.69) is 5.32 Å². The Hall–Kier alpha value is -3.08. The number of nitrogens with zero attached hydrogens (tertiary/aromatic N) is 2. The van der Waals surface area contributed by atoms with Crippen molar-refractivity contribution >= 4 is 29.3 Å². The molecule has 1 amide bonds. The SMILES string of the molecule is N#C/C(=C/c1ccc(C#N)cc1)C(=O)Nc1ccccc1Cl. The van der Waals surface area contributed by atoms with Crippen LogP contribution in [0.3, 0.4) is 0 Å². The largest absolute Gasteiger partial charge is 0.320 e. The van der Waals surface area contributed by atoms with Crippen LogP contribution in [0.1, 0.15) is 11.1 Å². The maximum Gasteiger partial charge on any atom is 0.266 e. The summed E-state index contributed by atoms with van der Waals surface area (Å²) in [6.45, 7) is 0. The first-order chi connectivity index (χ1) is 10.6. The highest BCUT2D eigenvalue weighted by molar-refractivity contribution is 6.34. The van der Waals surface area contributed by atoms with E-state index in [0.29, 0.717) is 21.8 Å². The summed E-state index contributed by atoms with van der Waals surface area (Å²) >= 11 is 5.96. The molecule has 0 spiro atoms. The molecule has 0 aliphatic carbocycles. The fraction of sp³-hybridized carbons (Fsp3) is 0. The lowest BCUT2D eigenvalue weighted by molar-refractivity contribution is -0.112. The average molecular weight is 308 g/mol. The molecule has 2 aromatic carbocycles. The van der Waals surface area contributed by atoms with Gasteiger partial charge in [-0.05, 0) is 35.9 Å². The third kappa shape index (κ3) is 3.73. The summed E-state index contributed by atoms with van der Waals surface area (Å²) in [5.74, 6) is -0.542. The number of carbonyl (C=O) groups is 1. The molecule has 0 aromatic heterocycles. The molecule has 0 saturated heterocycles. The van der Waals surface area contributed by atoms with Crippen LogP contribution < -0.4 is 5.32 Å². The molecule has 1 N–H and O–H groups in total. The zero-order valence-electron chi connectivity index (χ0n) is 11.4. The van der Waals surface area contributed by atoms with Gasteiger partial charge in [0.1, 0.15) is 11.6 Å². The molecule has 0 radical (unpaired) electrons. The molecular formula is C17H10ClN3O. The summed E-state index contributed by atoms with van der Waals surface area (Å²) in [6, 6.07) is 17.2. The molecule has 0 aliphatic heterocycles. The highest BCUT2D eigenvalue weighted by atomic mass is 35.5. The molecule has 0 unspecified atom stereocenters. The Labute approximate surface area is 132 Å². The second-order valence-electron chi connectivity index (χ2n) is 4.34. The Morgan fingerprint density at radius 2 is 1.77 bits per heavy atom. The Balaban J connectivity index is 2.22. The number of amides is 1. The number of carbonyl (C=O) groups excluding carboxylic acids is 1. The van der Waals surface area contributed by atoms with Gasteiger partial charge < -0.3 is 5.32 Å². The van der Waals surface area contributed by atoms with E-state index in [-0.39, 0.29) is 5.57 Å². The second kappa shape index (κ2) is 7.08. The van der Waals surface area contributed by atoms with Crippen molar-refractivity contribution in [1.29, 1.82) is 10.5 Å². The van der Waals surface area contributed by atoms with Gasteiger partial charge in [-0.15, -0.1) is 0 Å². The summed E-state index contributed by atoms with van der Waals surface area (Å²) in [5, 5.41) is 20.9. The highest BCUT2D eigenvalue weighted by Crippen LogP contribution is 2.21. The smallest absolute Gasteiger partial charge is 0.266 e. The number of anilines is 1. The number of hydrogen-bond donors (Lipinski definition) is 1. The first-order valence-electron chi connectivity index (χ1n) is 6.32. The fourth-order valence-electron chi connectivity index (χ4n) is 1.72. The fourth-order valence-corrected chi connectivity index (χ4v) is 1.90. The van der Waals surface area contributed by atoms with Crippen molar-refractivity contribution in [1.82, 2.24) is 0 Å². The lowest BCUT2D eigenvalue weighted by atomic mass is 10.1. The molecule has 0 saturated carbocycles. The number of para-hydroxylation sites is 1. The molecule has 0 heterocycles. The van der Waals surface area contributed by atoms with Crippen molar-refractivity contribution in [3.8, 4) is 12.1 Å². The molecule has 2 aromatic rings. The standard InChI is InChI=1S/C17H10ClN3O/c18-15-3-1-2-4-16(15)21-17(22)14(11-20)9-12-5-7-13(10-19)8-6-12/h1-9H,(H,21,22)/b14-9-. The maximum absolute atomic E-state index is 12.1. The molecule has 106 valence electrons. The van der Waals surface area contributed by atoms with Gasteiger partial charge in [0.15, 0.2) is 0 Å². The molecule has 4 nitrogen and oxygen atoms in total. The lowest BCUT2D eigenvalue weighted by Crippen LogP contribution is -2.13. The Bertz CT molecular complexity index is 811. The van der Waals surface area contributed by atoms with Crippen LogP contribution in [0.25, 0.3) is 6.08 Å². The molecule has 22 heavy (non-hydrogen) atoms. The summed E-state index contributed by atoms with van der Waals surface area (Å²) in [6.07, 6.45) is 1.45. The van der Waals surface area contributed by atoms with E-state index in [1.54, 1.807) is 48.5 Å². The van der Waals surface area contributed by atoms with E-state index in [9.17, 15) is 4.79 Å². The second-order valence-corrected chi connectivity index (χ2v) is 4.74. The van der Waals surface area contributed by atoms with Crippen LogP contribution in [0.4, 0.5) is 5.69 Å². The molecule has 0 atom stereocenters. The normalized spacial score (nSPS) is 10.4. The van der Waals surface area contributed by atoms with Gasteiger partial charge in [0.05, 0.1) is 22.3 Å². The van der Waals surface area contributed by atoms with Gasteiger partial charge >= 0.3 is 0 Å². The monoisotopic (exact) mass is 307 g/mol. The number of nitriles is 2. The summed E-state index contributed by atoms with van der Waals surface area (Å²) in [5.41, 5.74) is 1.56. The van der Waals surface area contributed by atoms with Gasteiger partial charge in [0.2, 0.25) is 0 Å². The van der Waals surface area contributed by atoms with Crippen molar-refractivity contribution in [2.75, 3.05) is 5.32 Å². The van der Waals surface area contributed by atoms with Crippen LogP contribution in [0, 0.1) is 22.7 Å². The van der Waals surface area contributed by atoms with Crippen molar-refractivity contribution in [3.05, 3.63) is 70.3 Å². The Kier molecular flexibility index (Phi) is 4.93. The Morgan fingerprint density at radius 1 is 1.09 bits per heavy atom. The van der Waals surface area contributed by atoms with Crippen LogP contribution in [-0.4, -0.2) is 5.91 Å². The van der Waals surface area contributed by atoms with Gasteiger partial charge in [0.25, 0.3) is 5.91 Å². The summed E-state index contributed by atoms with van der Waals surface area (Å²) < 4.78 is 0. The van der Waals surface area contributed by atoms with Crippen LogP contribution in [0.2, 0.25) is 5.02 Å². The topological polar surface area (TPSA) is 76.7 Å². The first kappa shape index (κ1) is 15.3.